The number of nitrogens with two attached hydrogens (primary N) is 1. The second-order valence-corrected chi connectivity index (χ2v) is 3.68. The molecule has 0 atom stereocenters. The summed E-state index contributed by atoms with van der Waals surface area (Å²) in [7, 11) is 1.33. The highest BCUT2D eigenvalue weighted by Gasteiger charge is 2.13. The van der Waals surface area contributed by atoms with Crippen LogP contribution in [0.3, 0.4) is 0 Å². The Morgan fingerprint density at radius 2 is 2.19 bits per heavy atom. The molecule has 1 aromatic carbocycles. The molecule has 2 N–H and O–H groups in total. The van der Waals surface area contributed by atoms with Crippen LogP contribution in [0.1, 0.15) is 10.4 Å². The van der Waals surface area contributed by atoms with Crippen molar-refractivity contribution in [3.63, 3.8) is 0 Å². The first-order chi connectivity index (χ1) is 7.19. The first-order valence-electron chi connectivity index (χ1n) is 4.39. The first kappa shape index (κ1) is 15.2. The average Bonchev–Trinajstić information content (AvgIpc) is 2.26. The van der Waals surface area contributed by atoms with Gasteiger partial charge in [0.05, 0.1) is 7.11 Å². The molecule has 0 fully saturated rings. The van der Waals surface area contributed by atoms with E-state index in [0.717, 1.165) is 4.47 Å². The molecule has 0 unspecified atom stereocenters. The smallest absolute Gasteiger partial charge is 0.341 e. The van der Waals surface area contributed by atoms with Crippen LogP contribution in [-0.2, 0) is 4.74 Å². The van der Waals surface area contributed by atoms with Crippen molar-refractivity contribution in [3.8, 4) is 5.75 Å². The van der Waals surface area contributed by atoms with Gasteiger partial charge >= 0.3 is 5.97 Å². The molecule has 4 nitrogen and oxygen atoms in total. The van der Waals surface area contributed by atoms with Crippen molar-refractivity contribution in [2.75, 3.05) is 20.3 Å². The average molecular weight is 311 g/mol. The van der Waals surface area contributed by atoms with Crippen LogP contribution in [-0.4, -0.2) is 26.2 Å². The van der Waals surface area contributed by atoms with Crippen molar-refractivity contribution in [2.45, 2.75) is 0 Å². The van der Waals surface area contributed by atoms with E-state index in [1.54, 1.807) is 18.2 Å². The highest BCUT2D eigenvalue weighted by molar-refractivity contribution is 9.10. The third kappa shape index (κ3) is 4.00. The molecule has 1 aromatic rings. The Labute approximate surface area is 109 Å². The third-order valence-electron chi connectivity index (χ3n) is 1.72. The molecule has 0 bridgehead atoms. The summed E-state index contributed by atoms with van der Waals surface area (Å²) in [4.78, 5) is 11.4. The second-order valence-electron chi connectivity index (χ2n) is 2.77. The van der Waals surface area contributed by atoms with Gasteiger partial charge in [0, 0.05) is 11.0 Å². The zero-order valence-corrected chi connectivity index (χ0v) is 11.1. The second kappa shape index (κ2) is 7.49. The van der Waals surface area contributed by atoms with E-state index in [4.69, 9.17) is 10.5 Å². The van der Waals surface area contributed by atoms with Crippen molar-refractivity contribution in [1.82, 2.24) is 0 Å². The van der Waals surface area contributed by atoms with Crippen molar-refractivity contribution < 1.29 is 14.3 Å². The minimum absolute atomic E-state index is 0. The van der Waals surface area contributed by atoms with Crippen LogP contribution in [0, 0.1) is 0 Å². The predicted molar refractivity (Wildman–Crippen MR) is 67.3 cm³/mol. The molecule has 0 aliphatic heterocycles. The minimum Gasteiger partial charge on any atom is -0.491 e. The maximum atomic E-state index is 11.4. The highest BCUT2D eigenvalue weighted by atomic mass is 79.9. The van der Waals surface area contributed by atoms with Crippen molar-refractivity contribution in [1.29, 1.82) is 0 Å². The summed E-state index contributed by atoms with van der Waals surface area (Å²) in [5.41, 5.74) is 5.70. The summed E-state index contributed by atoms with van der Waals surface area (Å²) >= 11 is 3.27. The normalized spacial score (nSPS) is 9.19. The van der Waals surface area contributed by atoms with Crippen LogP contribution in [0.25, 0.3) is 0 Å². The predicted octanol–water partition coefficient (Wildman–Crippen LogP) is 2.00. The molecular formula is C10H13BrClNO3. The Morgan fingerprint density at radius 1 is 1.50 bits per heavy atom. The molecule has 0 aliphatic rings. The van der Waals surface area contributed by atoms with Crippen LogP contribution in [0.4, 0.5) is 0 Å². The number of benzene rings is 1. The standard InChI is InChI=1S/C10H12BrNO3.ClH/c1-14-10(13)8-6-7(11)2-3-9(8)15-5-4-12;/h2-3,6H,4-5,12H2,1H3;1H. The summed E-state index contributed by atoms with van der Waals surface area (Å²) < 4.78 is 10.8. The number of hydrogen-bond donors (Lipinski definition) is 1. The van der Waals surface area contributed by atoms with E-state index in [0.29, 0.717) is 24.5 Å². The molecule has 0 saturated carbocycles. The monoisotopic (exact) mass is 309 g/mol. The quantitative estimate of drug-likeness (QED) is 0.864. The van der Waals surface area contributed by atoms with Crippen molar-refractivity contribution in [2.24, 2.45) is 5.73 Å². The number of carbonyl (C=O) groups is 1. The molecule has 6 heteroatoms. The molecule has 90 valence electrons. The van der Waals surface area contributed by atoms with Gasteiger partial charge in [-0.2, -0.15) is 0 Å². The van der Waals surface area contributed by atoms with E-state index in [1.807, 2.05) is 0 Å². The number of esters is 1. The van der Waals surface area contributed by atoms with E-state index >= 15 is 0 Å². The van der Waals surface area contributed by atoms with E-state index in [2.05, 4.69) is 20.7 Å². The molecule has 0 heterocycles. The molecule has 0 aromatic heterocycles. The van der Waals surface area contributed by atoms with E-state index in [9.17, 15) is 4.79 Å². The van der Waals surface area contributed by atoms with Gasteiger partial charge in [-0.3, -0.25) is 0 Å². The van der Waals surface area contributed by atoms with Crippen LogP contribution in [0.2, 0.25) is 0 Å². The largest absolute Gasteiger partial charge is 0.491 e. The first-order valence-corrected chi connectivity index (χ1v) is 5.19. The summed E-state index contributed by atoms with van der Waals surface area (Å²) in [6.45, 7) is 0.766. The zero-order chi connectivity index (χ0) is 11.3. The van der Waals surface area contributed by atoms with Gasteiger partial charge in [-0.15, -0.1) is 12.4 Å². The number of carbonyl (C=O) groups excluding carboxylic acids is 1. The molecule has 1 rings (SSSR count). The van der Waals surface area contributed by atoms with Gasteiger partial charge in [-0.25, -0.2) is 4.79 Å². The lowest BCUT2D eigenvalue weighted by Gasteiger charge is -2.09. The maximum absolute atomic E-state index is 11.4. The van der Waals surface area contributed by atoms with Gasteiger partial charge in [-0.05, 0) is 18.2 Å². The fraction of sp³-hybridized carbons (Fsp3) is 0.300. The Balaban J connectivity index is 0.00000225. The molecule has 0 saturated heterocycles. The maximum Gasteiger partial charge on any atom is 0.341 e. The Bertz CT molecular complexity index is 360. The highest BCUT2D eigenvalue weighted by Crippen LogP contribution is 2.23. The lowest BCUT2D eigenvalue weighted by molar-refractivity contribution is 0.0596. The summed E-state index contributed by atoms with van der Waals surface area (Å²) in [5, 5.41) is 0. The van der Waals surface area contributed by atoms with Gasteiger partial charge in [0.15, 0.2) is 0 Å². The van der Waals surface area contributed by atoms with Gasteiger partial charge < -0.3 is 15.2 Å². The van der Waals surface area contributed by atoms with E-state index < -0.39 is 5.97 Å². The van der Waals surface area contributed by atoms with Crippen molar-refractivity contribution in [3.05, 3.63) is 28.2 Å². The fourth-order valence-electron chi connectivity index (χ4n) is 1.07. The molecule has 0 aliphatic carbocycles. The number of hydrogen-bond acceptors (Lipinski definition) is 4. The SMILES string of the molecule is COC(=O)c1cc(Br)ccc1OCCN.Cl. The Morgan fingerprint density at radius 3 is 2.75 bits per heavy atom. The lowest BCUT2D eigenvalue weighted by Crippen LogP contribution is -2.13. The fourth-order valence-corrected chi connectivity index (χ4v) is 1.43. The van der Waals surface area contributed by atoms with Crippen LogP contribution in [0.5, 0.6) is 5.75 Å². The van der Waals surface area contributed by atoms with Gasteiger partial charge in [-0.1, -0.05) is 15.9 Å². The van der Waals surface area contributed by atoms with Gasteiger partial charge in [0.25, 0.3) is 0 Å². The summed E-state index contributed by atoms with van der Waals surface area (Å²) in [6, 6.07) is 5.14. The van der Waals surface area contributed by atoms with Crippen LogP contribution < -0.4 is 10.5 Å². The van der Waals surface area contributed by atoms with Gasteiger partial charge in [0.1, 0.15) is 17.9 Å². The molecule has 0 amide bonds. The Kier molecular flexibility index (Phi) is 7.12. The molecule has 16 heavy (non-hydrogen) atoms. The van der Waals surface area contributed by atoms with Crippen molar-refractivity contribution >= 4 is 34.3 Å². The van der Waals surface area contributed by atoms with E-state index in [-0.39, 0.29) is 12.4 Å². The molecule has 0 spiro atoms. The van der Waals surface area contributed by atoms with Crippen LogP contribution >= 0.6 is 28.3 Å². The molecular weight excluding hydrogens is 297 g/mol. The topological polar surface area (TPSA) is 61.5 Å². The molecule has 0 radical (unpaired) electrons. The summed E-state index contributed by atoms with van der Waals surface area (Å²) in [5.74, 6) is 0.0545. The third-order valence-corrected chi connectivity index (χ3v) is 2.22. The van der Waals surface area contributed by atoms with Gasteiger partial charge in [0.2, 0.25) is 0 Å². The number of halogens is 2. The lowest BCUT2D eigenvalue weighted by atomic mass is 10.2. The number of rotatable bonds is 4. The Hall–Kier alpha value is -0.780. The van der Waals surface area contributed by atoms with Crippen LogP contribution in [0.15, 0.2) is 22.7 Å². The van der Waals surface area contributed by atoms with E-state index in [1.165, 1.54) is 7.11 Å². The zero-order valence-electron chi connectivity index (χ0n) is 8.73. The minimum atomic E-state index is -0.427. The number of methoxy groups -OCH3 is 1. The number of ether oxygens (including phenoxy) is 2. The summed E-state index contributed by atoms with van der Waals surface area (Å²) in [6.07, 6.45) is 0.